The van der Waals surface area contributed by atoms with Gasteiger partial charge in [-0.15, -0.1) is 0 Å². The van der Waals surface area contributed by atoms with E-state index in [1.807, 2.05) is 0 Å². The summed E-state index contributed by atoms with van der Waals surface area (Å²) in [5, 5.41) is 22.0. The van der Waals surface area contributed by atoms with Gasteiger partial charge in [0.15, 0.2) is 0 Å². The van der Waals surface area contributed by atoms with E-state index in [-0.39, 0.29) is 18.7 Å². The molecule has 0 aromatic heterocycles. The fourth-order valence-corrected chi connectivity index (χ4v) is 1.62. The van der Waals surface area contributed by atoms with E-state index >= 15 is 0 Å². The van der Waals surface area contributed by atoms with Crippen LogP contribution in [0, 0.1) is 10.1 Å². The fraction of sp³-hybridized carbons (Fsp3) is 0.385. The van der Waals surface area contributed by atoms with Crippen LogP contribution >= 0.6 is 0 Å². The molecule has 0 saturated heterocycles. The molecule has 0 unspecified atom stereocenters. The minimum Gasteiger partial charge on any atom is -0.480 e. The summed E-state index contributed by atoms with van der Waals surface area (Å²) in [5.74, 6) is -1.70. The first kappa shape index (κ1) is 16.6. The van der Waals surface area contributed by atoms with Crippen LogP contribution in [0.3, 0.4) is 0 Å². The molecule has 0 bridgehead atoms. The quantitative estimate of drug-likeness (QED) is 0.539. The molecule has 0 radical (unpaired) electrons. The van der Waals surface area contributed by atoms with Crippen molar-refractivity contribution in [1.29, 1.82) is 0 Å². The molecule has 0 aliphatic heterocycles. The van der Waals surface area contributed by atoms with E-state index in [1.54, 1.807) is 6.92 Å². The topological polar surface area (TPSA) is 119 Å². The molecule has 0 aliphatic carbocycles. The van der Waals surface area contributed by atoms with E-state index in [0.29, 0.717) is 12.2 Å². The second kappa shape index (κ2) is 7.95. The number of rotatable bonds is 8. The number of carbonyl (C=O) groups is 2. The monoisotopic (exact) mass is 296 g/mol. The van der Waals surface area contributed by atoms with Gasteiger partial charge in [0.1, 0.15) is 12.6 Å². The van der Waals surface area contributed by atoms with Crippen molar-refractivity contribution in [3.05, 3.63) is 39.9 Å². The van der Waals surface area contributed by atoms with Gasteiger partial charge in [-0.3, -0.25) is 14.9 Å². The Morgan fingerprint density at radius 3 is 2.48 bits per heavy atom. The van der Waals surface area contributed by atoms with Crippen LogP contribution in [0.25, 0.3) is 0 Å². The number of nitro groups is 1. The van der Waals surface area contributed by atoms with Crippen molar-refractivity contribution in [2.75, 3.05) is 13.2 Å². The van der Waals surface area contributed by atoms with Crippen molar-refractivity contribution in [3.8, 4) is 0 Å². The number of nitrogens with zero attached hydrogens (tertiary/aromatic N) is 1. The zero-order valence-electron chi connectivity index (χ0n) is 11.4. The molecular weight excluding hydrogens is 280 g/mol. The number of carboxylic acid groups (broad SMARTS) is 1. The molecule has 1 aromatic carbocycles. The minimum absolute atomic E-state index is 0.0329. The van der Waals surface area contributed by atoms with Crippen molar-refractivity contribution >= 4 is 17.6 Å². The van der Waals surface area contributed by atoms with Gasteiger partial charge >= 0.3 is 5.97 Å². The fourth-order valence-electron chi connectivity index (χ4n) is 1.62. The lowest BCUT2D eigenvalue weighted by Gasteiger charge is -2.14. The summed E-state index contributed by atoms with van der Waals surface area (Å²) in [4.78, 5) is 32.6. The smallest absolute Gasteiger partial charge is 0.326 e. The zero-order chi connectivity index (χ0) is 15.8. The van der Waals surface area contributed by atoms with Crippen LogP contribution in [0.4, 0.5) is 5.69 Å². The second-order valence-corrected chi connectivity index (χ2v) is 4.22. The molecule has 2 N–H and O–H groups in total. The third-order valence-electron chi connectivity index (χ3n) is 2.66. The average molecular weight is 296 g/mol. The lowest BCUT2D eigenvalue weighted by Crippen LogP contribution is -2.43. The number of aliphatic carboxylic acids is 1. The molecule has 8 nitrogen and oxygen atoms in total. The van der Waals surface area contributed by atoms with Crippen molar-refractivity contribution in [2.24, 2.45) is 0 Å². The van der Waals surface area contributed by atoms with E-state index in [9.17, 15) is 19.7 Å². The molecule has 0 saturated carbocycles. The summed E-state index contributed by atoms with van der Waals surface area (Å²) in [5.41, 5.74) is 0.496. The Bertz CT molecular complexity index is 514. The Morgan fingerprint density at radius 2 is 2.00 bits per heavy atom. The highest BCUT2D eigenvalue weighted by molar-refractivity contribution is 5.84. The number of benzene rings is 1. The van der Waals surface area contributed by atoms with Crippen LogP contribution in [-0.4, -0.2) is 41.2 Å². The van der Waals surface area contributed by atoms with Crippen molar-refractivity contribution in [3.63, 3.8) is 0 Å². The summed E-state index contributed by atoms with van der Waals surface area (Å²) in [6, 6.07) is 4.39. The van der Waals surface area contributed by atoms with Gasteiger partial charge < -0.3 is 15.2 Å². The van der Waals surface area contributed by atoms with E-state index in [4.69, 9.17) is 9.84 Å². The second-order valence-electron chi connectivity index (χ2n) is 4.22. The summed E-state index contributed by atoms with van der Waals surface area (Å²) in [6.45, 7) is 1.87. The molecule has 8 heteroatoms. The Morgan fingerprint density at radius 1 is 1.38 bits per heavy atom. The number of ether oxygens (including phenoxy) is 1. The highest BCUT2D eigenvalue weighted by atomic mass is 16.6. The molecule has 1 aromatic rings. The molecule has 0 fully saturated rings. The van der Waals surface area contributed by atoms with Crippen LogP contribution in [0.15, 0.2) is 24.3 Å². The number of non-ortho nitro benzene ring substituents is 1. The van der Waals surface area contributed by atoms with Gasteiger partial charge in [0.05, 0.1) is 4.92 Å². The summed E-state index contributed by atoms with van der Waals surface area (Å²) < 4.78 is 4.89. The molecule has 0 heterocycles. The zero-order valence-corrected chi connectivity index (χ0v) is 11.4. The first-order chi connectivity index (χ1) is 9.93. The van der Waals surface area contributed by atoms with E-state index in [1.165, 1.54) is 24.3 Å². The number of carboxylic acids is 1. The summed E-state index contributed by atoms with van der Waals surface area (Å²) in [6.07, 6.45) is 0.0329. The normalized spacial score (nSPS) is 11.7. The number of nitro benzene ring substituents is 1. The summed E-state index contributed by atoms with van der Waals surface area (Å²) in [7, 11) is 0. The maximum Gasteiger partial charge on any atom is 0.326 e. The molecule has 21 heavy (non-hydrogen) atoms. The minimum atomic E-state index is -1.18. The average Bonchev–Trinajstić information content (AvgIpc) is 2.44. The van der Waals surface area contributed by atoms with Gasteiger partial charge in [-0.05, 0) is 12.5 Å². The van der Waals surface area contributed by atoms with E-state index in [2.05, 4.69) is 5.32 Å². The van der Waals surface area contributed by atoms with Gasteiger partial charge in [-0.25, -0.2) is 4.79 Å². The van der Waals surface area contributed by atoms with E-state index < -0.39 is 22.8 Å². The predicted octanol–water partition coefficient (Wildman–Crippen LogP) is 0.743. The maximum absolute atomic E-state index is 11.5. The predicted molar refractivity (Wildman–Crippen MR) is 72.9 cm³/mol. The summed E-state index contributed by atoms with van der Waals surface area (Å²) >= 11 is 0. The Balaban J connectivity index is 2.67. The van der Waals surface area contributed by atoms with Gasteiger partial charge in [-0.1, -0.05) is 12.1 Å². The molecule has 1 rings (SSSR count). The molecule has 114 valence electrons. The number of carbonyl (C=O) groups excluding carboxylic acids is 1. The third kappa shape index (κ3) is 5.57. The Kier molecular flexibility index (Phi) is 6.28. The van der Waals surface area contributed by atoms with Crippen LogP contribution in [0.1, 0.15) is 12.5 Å². The molecular formula is C13H16N2O6. The van der Waals surface area contributed by atoms with Crippen LogP contribution in [0.2, 0.25) is 0 Å². The maximum atomic E-state index is 11.5. The van der Waals surface area contributed by atoms with Crippen molar-refractivity contribution in [2.45, 2.75) is 19.4 Å². The first-order valence-electron chi connectivity index (χ1n) is 6.27. The van der Waals surface area contributed by atoms with Crippen LogP contribution in [-0.2, 0) is 20.7 Å². The van der Waals surface area contributed by atoms with Gasteiger partial charge in [0.2, 0.25) is 5.91 Å². The molecule has 0 spiro atoms. The molecule has 1 amide bonds. The van der Waals surface area contributed by atoms with E-state index in [0.717, 1.165) is 0 Å². The third-order valence-corrected chi connectivity index (χ3v) is 2.66. The van der Waals surface area contributed by atoms with Crippen LogP contribution < -0.4 is 5.32 Å². The highest BCUT2D eigenvalue weighted by Crippen LogP contribution is 2.13. The number of hydrogen-bond acceptors (Lipinski definition) is 5. The first-order valence-corrected chi connectivity index (χ1v) is 6.27. The lowest BCUT2D eigenvalue weighted by molar-refractivity contribution is -0.384. The number of amides is 1. The van der Waals surface area contributed by atoms with Gasteiger partial charge in [-0.2, -0.15) is 0 Å². The van der Waals surface area contributed by atoms with Gasteiger partial charge in [0.25, 0.3) is 5.69 Å². The van der Waals surface area contributed by atoms with Crippen molar-refractivity contribution in [1.82, 2.24) is 5.32 Å². The molecule has 0 aliphatic rings. The Labute approximate surface area is 120 Å². The van der Waals surface area contributed by atoms with Crippen molar-refractivity contribution < 1.29 is 24.4 Å². The number of nitrogens with one attached hydrogen (secondary N) is 1. The largest absolute Gasteiger partial charge is 0.480 e. The van der Waals surface area contributed by atoms with Crippen LogP contribution in [0.5, 0.6) is 0 Å². The number of hydrogen-bond donors (Lipinski definition) is 2. The molecule has 1 atom stereocenters. The highest BCUT2D eigenvalue weighted by Gasteiger charge is 2.20. The lowest BCUT2D eigenvalue weighted by atomic mass is 10.1. The van der Waals surface area contributed by atoms with Gasteiger partial charge in [0, 0.05) is 25.2 Å². The Hall–Kier alpha value is -2.48. The SMILES string of the molecule is CCOCC(=O)N[C@H](Cc1ccc([N+](=O)[O-])cc1)C(=O)O. The standard InChI is InChI=1S/C13H16N2O6/c1-2-21-8-12(16)14-11(13(17)18)7-9-3-5-10(6-4-9)15(19)20/h3-6,11H,2,7-8H2,1H3,(H,14,16)(H,17,18)/t11-/m1/s1.